The molecule has 3 aromatic rings. The van der Waals surface area contributed by atoms with E-state index in [4.69, 9.17) is 9.47 Å². The van der Waals surface area contributed by atoms with Gasteiger partial charge in [-0.2, -0.15) is 0 Å². The van der Waals surface area contributed by atoms with Crippen LogP contribution in [0.2, 0.25) is 0 Å². The molecule has 23 heavy (non-hydrogen) atoms. The van der Waals surface area contributed by atoms with Crippen LogP contribution < -0.4 is 10.1 Å². The molecule has 0 saturated carbocycles. The molecule has 0 radical (unpaired) electrons. The van der Waals surface area contributed by atoms with Crippen LogP contribution in [0.1, 0.15) is 10.4 Å². The zero-order valence-electron chi connectivity index (χ0n) is 12.9. The Kier molecular flexibility index (Phi) is 4.10. The first-order valence-electron chi connectivity index (χ1n) is 7.10. The maximum absolute atomic E-state index is 12.2. The molecule has 116 valence electrons. The highest BCUT2D eigenvalue weighted by Gasteiger charge is 2.19. The fraction of sp³-hybridized carbons (Fsp3) is 0.111. The molecule has 2 aromatic carbocycles. The molecule has 0 atom stereocenters. The van der Waals surface area contributed by atoms with E-state index in [2.05, 4.69) is 10.3 Å². The van der Waals surface area contributed by atoms with Crippen LogP contribution in [0.25, 0.3) is 10.9 Å². The maximum Gasteiger partial charge on any atom is 0.340 e. The van der Waals surface area contributed by atoms with E-state index in [0.717, 1.165) is 11.1 Å². The Morgan fingerprint density at radius 2 is 1.87 bits per heavy atom. The highest BCUT2D eigenvalue weighted by atomic mass is 16.5. The van der Waals surface area contributed by atoms with E-state index in [1.165, 1.54) is 7.11 Å². The van der Waals surface area contributed by atoms with Gasteiger partial charge in [0.2, 0.25) is 0 Å². The van der Waals surface area contributed by atoms with Crippen molar-refractivity contribution in [2.24, 2.45) is 0 Å². The van der Waals surface area contributed by atoms with Crippen molar-refractivity contribution in [1.82, 2.24) is 4.98 Å². The molecule has 0 saturated heterocycles. The minimum absolute atomic E-state index is 0.397. The standard InChI is InChI=1S/C18H16N2O3/c1-22-15-11-14(18(21)23-2)16(13-9-6-10-19-17(13)15)20-12-7-4-3-5-8-12/h3-11,20H,1-2H3. The van der Waals surface area contributed by atoms with Crippen LogP contribution in [0.4, 0.5) is 11.4 Å². The van der Waals surface area contributed by atoms with Gasteiger partial charge in [0.1, 0.15) is 11.3 Å². The Balaban J connectivity index is 2.26. The number of aromatic nitrogens is 1. The van der Waals surface area contributed by atoms with Crippen molar-refractivity contribution >= 4 is 28.2 Å². The van der Waals surface area contributed by atoms with Gasteiger partial charge < -0.3 is 14.8 Å². The number of esters is 1. The summed E-state index contributed by atoms with van der Waals surface area (Å²) in [4.78, 5) is 16.6. The normalized spacial score (nSPS) is 10.3. The van der Waals surface area contributed by atoms with Crippen LogP contribution in [0.15, 0.2) is 54.7 Å². The van der Waals surface area contributed by atoms with Gasteiger partial charge in [-0.3, -0.25) is 4.98 Å². The lowest BCUT2D eigenvalue weighted by molar-refractivity contribution is 0.0601. The SMILES string of the molecule is COC(=O)c1cc(OC)c2ncccc2c1Nc1ccccc1. The van der Waals surface area contributed by atoms with Gasteiger partial charge in [-0.15, -0.1) is 0 Å². The van der Waals surface area contributed by atoms with E-state index in [0.29, 0.717) is 22.5 Å². The van der Waals surface area contributed by atoms with Crippen LogP contribution in [0.5, 0.6) is 5.75 Å². The third kappa shape index (κ3) is 2.81. The smallest absolute Gasteiger partial charge is 0.340 e. The van der Waals surface area contributed by atoms with Crippen molar-refractivity contribution in [2.45, 2.75) is 0 Å². The fourth-order valence-electron chi connectivity index (χ4n) is 2.45. The maximum atomic E-state index is 12.2. The number of fused-ring (bicyclic) bond motifs is 1. The Morgan fingerprint density at radius 3 is 2.57 bits per heavy atom. The van der Waals surface area contributed by atoms with Gasteiger partial charge in [0, 0.05) is 17.3 Å². The third-order valence-corrected chi connectivity index (χ3v) is 3.52. The summed E-state index contributed by atoms with van der Waals surface area (Å²) in [5, 5.41) is 4.07. The van der Waals surface area contributed by atoms with Crippen LogP contribution in [0.3, 0.4) is 0 Å². The summed E-state index contributed by atoms with van der Waals surface area (Å²) < 4.78 is 10.3. The number of rotatable bonds is 4. The quantitative estimate of drug-likeness (QED) is 0.743. The second kappa shape index (κ2) is 6.36. The molecular formula is C18H16N2O3. The Labute approximate surface area is 133 Å². The fourth-order valence-corrected chi connectivity index (χ4v) is 2.45. The minimum atomic E-state index is -0.438. The van der Waals surface area contributed by atoms with Gasteiger partial charge in [-0.05, 0) is 30.3 Å². The number of para-hydroxylation sites is 1. The zero-order chi connectivity index (χ0) is 16.2. The van der Waals surface area contributed by atoms with Gasteiger partial charge >= 0.3 is 5.97 Å². The Bertz CT molecular complexity index is 848. The molecule has 0 aliphatic rings. The number of benzene rings is 2. The lowest BCUT2D eigenvalue weighted by atomic mass is 10.1. The summed E-state index contributed by atoms with van der Waals surface area (Å²) >= 11 is 0. The van der Waals surface area contributed by atoms with Crippen LogP contribution in [0, 0.1) is 0 Å². The summed E-state index contributed by atoms with van der Waals surface area (Å²) in [6.45, 7) is 0. The number of anilines is 2. The molecule has 0 unspecified atom stereocenters. The molecule has 1 heterocycles. The van der Waals surface area contributed by atoms with E-state index in [1.54, 1.807) is 19.4 Å². The summed E-state index contributed by atoms with van der Waals surface area (Å²) in [6.07, 6.45) is 1.69. The topological polar surface area (TPSA) is 60.5 Å². The molecule has 1 N–H and O–H groups in total. The molecule has 5 heteroatoms. The number of nitrogens with zero attached hydrogens (tertiary/aromatic N) is 1. The predicted octanol–water partition coefficient (Wildman–Crippen LogP) is 3.77. The molecule has 5 nitrogen and oxygen atoms in total. The molecule has 3 rings (SSSR count). The van der Waals surface area contributed by atoms with Crippen LogP contribution in [-0.2, 0) is 4.74 Å². The van der Waals surface area contributed by atoms with E-state index < -0.39 is 5.97 Å². The largest absolute Gasteiger partial charge is 0.494 e. The molecule has 0 aliphatic heterocycles. The van der Waals surface area contributed by atoms with Crippen LogP contribution >= 0.6 is 0 Å². The van der Waals surface area contributed by atoms with Gasteiger partial charge in [0.15, 0.2) is 0 Å². The zero-order valence-corrected chi connectivity index (χ0v) is 12.9. The molecule has 0 aliphatic carbocycles. The number of carbonyl (C=O) groups is 1. The highest BCUT2D eigenvalue weighted by Crippen LogP contribution is 2.35. The molecular weight excluding hydrogens is 292 g/mol. The van der Waals surface area contributed by atoms with Gasteiger partial charge in [0.05, 0.1) is 25.5 Å². The van der Waals surface area contributed by atoms with Crippen molar-refractivity contribution in [2.75, 3.05) is 19.5 Å². The molecule has 0 fully saturated rings. The summed E-state index contributed by atoms with van der Waals surface area (Å²) in [6, 6.07) is 15.0. The van der Waals surface area contributed by atoms with E-state index >= 15 is 0 Å². The van der Waals surface area contributed by atoms with E-state index in [1.807, 2.05) is 42.5 Å². The third-order valence-electron chi connectivity index (χ3n) is 3.52. The van der Waals surface area contributed by atoms with Gasteiger partial charge in [0.25, 0.3) is 0 Å². The van der Waals surface area contributed by atoms with Gasteiger partial charge in [-0.25, -0.2) is 4.79 Å². The van der Waals surface area contributed by atoms with Crippen molar-refractivity contribution in [3.05, 3.63) is 60.3 Å². The lowest BCUT2D eigenvalue weighted by Gasteiger charge is -2.16. The number of hydrogen-bond donors (Lipinski definition) is 1. The minimum Gasteiger partial charge on any atom is -0.494 e. The molecule has 0 amide bonds. The van der Waals surface area contributed by atoms with Crippen LogP contribution in [-0.4, -0.2) is 25.2 Å². The second-order valence-electron chi connectivity index (χ2n) is 4.88. The number of carbonyl (C=O) groups excluding carboxylic acids is 1. The summed E-state index contributed by atoms with van der Waals surface area (Å²) in [5.74, 6) is 0.0899. The van der Waals surface area contributed by atoms with E-state index in [9.17, 15) is 4.79 Å². The average molecular weight is 308 g/mol. The van der Waals surface area contributed by atoms with Crippen molar-refractivity contribution in [3.8, 4) is 5.75 Å². The number of ether oxygens (including phenoxy) is 2. The summed E-state index contributed by atoms with van der Waals surface area (Å²) in [5.41, 5.74) is 2.59. The average Bonchev–Trinajstić information content (AvgIpc) is 2.62. The molecule has 0 spiro atoms. The number of nitrogens with one attached hydrogen (secondary N) is 1. The Morgan fingerprint density at radius 1 is 1.09 bits per heavy atom. The van der Waals surface area contributed by atoms with Gasteiger partial charge in [-0.1, -0.05) is 18.2 Å². The number of pyridine rings is 1. The first-order chi connectivity index (χ1) is 11.2. The summed E-state index contributed by atoms with van der Waals surface area (Å²) in [7, 11) is 2.91. The molecule has 1 aromatic heterocycles. The highest BCUT2D eigenvalue weighted by molar-refractivity contribution is 6.08. The lowest BCUT2D eigenvalue weighted by Crippen LogP contribution is -2.07. The first-order valence-corrected chi connectivity index (χ1v) is 7.10. The molecule has 0 bridgehead atoms. The van der Waals surface area contributed by atoms with E-state index in [-0.39, 0.29) is 0 Å². The number of methoxy groups -OCH3 is 2. The van der Waals surface area contributed by atoms with Crippen molar-refractivity contribution in [1.29, 1.82) is 0 Å². The predicted molar refractivity (Wildman–Crippen MR) is 89.4 cm³/mol. The first kappa shape index (κ1) is 14.8. The second-order valence-corrected chi connectivity index (χ2v) is 4.88. The number of hydrogen-bond acceptors (Lipinski definition) is 5. The Hall–Kier alpha value is -3.08. The van der Waals surface area contributed by atoms with Crippen molar-refractivity contribution in [3.63, 3.8) is 0 Å². The van der Waals surface area contributed by atoms with Crippen molar-refractivity contribution < 1.29 is 14.3 Å². The monoisotopic (exact) mass is 308 g/mol.